The van der Waals surface area contributed by atoms with Gasteiger partial charge in [0.2, 0.25) is 0 Å². The van der Waals surface area contributed by atoms with Gasteiger partial charge in [-0.2, -0.15) is 0 Å². The molecular weight excluding hydrogens is 312 g/mol. The van der Waals surface area contributed by atoms with Crippen molar-refractivity contribution in [2.45, 2.75) is 64.3 Å². The summed E-state index contributed by atoms with van der Waals surface area (Å²) in [7, 11) is 0. The first-order valence-corrected chi connectivity index (χ1v) is 8.83. The van der Waals surface area contributed by atoms with Crippen molar-refractivity contribution in [1.82, 2.24) is 4.98 Å². The third-order valence-electron chi connectivity index (χ3n) is 4.70. The minimum absolute atomic E-state index is 0.290. The highest BCUT2D eigenvalue weighted by atomic mass is 79.9. The molecule has 1 heterocycles. The summed E-state index contributed by atoms with van der Waals surface area (Å²) in [5, 5.41) is 0. The van der Waals surface area contributed by atoms with E-state index in [2.05, 4.69) is 33.9 Å². The molecule has 2 rings (SSSR count). The molecule has 0 saturated heterocycles. The molecule has 1 unspecified atom stereocenters. The zero-order valence-electron chi connectivity index (χ0n) is 12.5. The average Bonchev–Trinajstić information content (AvgIpc) is 2.45. The van der Waals surface area contributed by atoms with E-state index in [1.54, 1.807) is 0 Å². The Hall–Kier alpha value is -0.410. The Balaban J connectivity index is 1.78. The molecule has 2 nitrogen and oxygen atoms in total. The zero-order valence-corrected chi connectivity index (χ0v) is 14.1. The summed E-state index contributed by atoms with van der Waals surface area (Å²) >= 11 is 3.48. The molecule has 1 saturated carbocycles. The smallest absolute Gasteiger partial charge is 0.0410 e. The van der Waals surface area contributed by atoms with E-state index in [0.717, 1.165) is 16.8 Å². The second-order valence-electron chi connectivity index (χ2n) is 6.30. The lowest BCUT2D eigenvalue weighted by Gasteiger charge is -2.32. The average molecular weight is 339 g/mol. The largest absolute Gasteiger partial charge is 0.327 e. The molecule has 0 radical (unpaired) electrons. The fourth-order valence-corrected chi connectivity index (χ4v) is 3.82. The van der Waals surface area contributed by atoms with E-state index < -0.39 is 0 Å². The molecule has 0 aliphatic heterocycles. The minimum Gasteiger partial charge on any atom is -0.327 e. The van der Waals surface area contributed by atoms with Gasteiger partial charge >= 0.3 is 0 Å². The Labute approximate surface area is 131 Å². The van der Waals surface area contributed by atoms with Crippen LogP contribution in [0, 0.1) is 11.8 Å². The first-order valence-electron chi connectivity index (χ1n) is 8.04. The Morgan fingerprint density at radius 3 is 2.70 bits per heavy atom. The maximum Gasteiger partial charge on any atom is 0.0410 e. The number of nitrogens with zero attached hydrogens (tertiary/aromatic N) is 1. The van der Waals surface area contributed by atoms with Crippen molar-refractivity contribution in [2.24, 2.45) is 17.6 Å². The summed E-state index contributed by atoms with van der Waals surface area (Å²) in [6.45, 7) is 2.29. The maximum atomic E-state index is 6.43. The molecule has 1 atom stereocenters. The SMILES string of the molecule is CCCCC1CCC(C(N)Cc2cncc(Br)c2)CC1. The van der Waals surface area contributed by atoms with Gasteiger partial charge in [0, 0.05) is 22.9 Å². The number of halogens is 1. The van der Waals surface area contributed by atoms with Gasteiger partial charge in [-0.3, -0.25) is 4.98 Å². The van der Waals surface area contributed by atoms with Gasteiger partial charge in [0.15, 0.2) is 0 Å². The summed E-state index contributed by atoms with van der Waals surface area (Å²) in [6, 6.07) is 2.43. The minimum atomic E-state index is 0.290. The van der Waals surface area contributed by atoms with Crippen LogP contribution in [0.2, 0.25) is 0 Å². The number of unbranched alkanes of at least 4 members (excludes halogenated alkanes) is 1. The molecule has 1 aromatic heterocycles. The Kier molecular flexibility index (Phi) is 6.50. The van der Waals surface area contributed by atoms with Crippen molar-refractivity contribution in [2.75, 3.05) is 0 Å². The number of nitrogens with two attached hydrogens (primary N) is 1. The van der Waals surface area contributed by atoms with E-state index in [-0.39, 0.29) is 0 Å². The Morgan fingerprint density at radius 1 is 1.30 bits per heavy atom. The molecular formula is C17H27BrN2. The van der Waals surface area contributed by atoms with E-state index in [1.165, 1.54) is 50.5 Å². The normalized spacial score (nSPS) is 24.6. The van der Waals surface area contributed by atoms with Crippen molar-refractivity contribution < 1.29 is 0 Å². The molecule has 1 aromatic rings. The second-order valence-corrected chi connectivity index (χ2v) is 7.22. The molecule has 1 fully saturated rings. The van der Waals surface area contributed by atoms with Gasteiger partial charge in [0.25, 0.3) is 0 Å². The first-order chi connectivity index (χ1) is 9.69. The molecule has 0 bridgehead atoms. The molecule has 112 valence electrons. The molecule has 0 spiro atoms. The van der Waals surface area contributed by atoms with Crippen LogP contribution in [0.5, 0.6) is 0 Å². The first kappa shape index (κ1) is 16.0. The van der Waals surface area contributed by atoms with Crippen molar-refractivity contribution >= 4 is 15.9 Å². The van der Waals surface area contributed by atoms with E-state index in [1.807, 2.05) is 12.4 Å². The van der Waals surface area contributed by atoms with Crippen LogP contribution in [0.1, 0.15) is 57.4 Å². The number of rotatable bonds is 6. The highest BCUT2D eigenvalue weighted by molar-refractivity contribution is 9.10. The fraction of sp³-hybridized carbons (Fsp3) is 0.706. The molecule has 1 aliphatic carbocycles. The Bertz CT molecular complexity index is 400. The predicted molar refractivity (Wildman–Crippen MR) is 88.6 cm³/mol. The number of aromatic nitrogens is 1. The highest BCUT2D eigenvalue weighted by Crippen LogP contribution is 2.33. The predicted octanol–water partition coefficient (Wildman–Crippen LogP) is 4.71. The zero-order chi connectivity index (χ0) is 14.4. The molecule has 0 aromatic carbocycles. The summed E-state index contributed by atoms with van der Waals surface area (Å²) in [5.74, 6) is 1.66. The fourth-order valence-electron chi connectivity index (χ4n) is 3.40. The summed E-state index contributed by atoms with van der Waals surface area (Å²) < 4.78 is 1.05. The summed E-state index contributed by atoms with van der Waals surface area (Å²) in [4.78, 5) is 4.23. The monoisotopic (exact) mass is 338 g/mol. The van der Waals surface area contributed by atoms with Crippen LogP contribution >= 0.6 is 15.9 Å². The van der Waals surface area contributed by atoms with E-state index in [4.69, 9.17) is 5.73 Å². The third kappa shape index (κ3) is 4.85. The van der Waals surface area contributed by atoms with Gasteiger partial charge in [-0.1, -0.05) is 39.0 Å². The molecule has 0 amide bonds. The highest BCUT2D eigenvalue weighted by Gasteiger charge is 2.25. The van der Waals surface area contributed by atoms with Gasteiger partial charge in [-0.05, 0) is 58.7 Å². The summed E-state index contributed by atoms with van der Waals surface area (Å²) in [5.41, 5.74) is 7.68. The van der Waals surface area contributed by atoms with Crippen LogP contribution in [0.4, 0.5) is 0 Å². The van der Waals surface area contributed by atoms with E-state index in [9.17, 15) is 0 Å². The van der Waals surface area contributed by atoms with Crippen LogP contribution < -0.4 is 5.73 Å². The molecule has 20 heavy (non-hydrogen) atoms. The number of hydrogen-bond donors (Lipinski definition) is 1. The van der Waals surface area contributed by atoms with Gasteiger partial charge in [-0.25, -0.2) is 0 Å². The lowest BCUT2D eigenvalue weighted by atomic mass is 9.76. The quantitative estimate of drug-likeness (QED) is 0.815. The van der Waals surface area contributed by atoms with Gasteiger partial charge < -0.3 is 5.73 Å². The Morgan fingerprint density at radius 2 is 2.05 bits per heavy atom. The van der Waals surface area contributed by atoms with E-state index >= 15 is 0 Å². The second kappa shape index (κ2) is 8.14. The van der Waals surface area contributed by atoms with Gasteiger partial charge in [0.05, 0.1) is 0 Å². The van der Waals surface area contributed by atoms with Gasteiger partial charge in [0.1, 0.15) is 0 Å². The van der Waals surface area contributed by atoms with E-state index in [0.29, 0.717) is 12.0 Å². The van der Waals surface area contributed by atoms with Crippen LogP contribution in [0.15, 0.2) is 22.9 Å². The molecule has 1 aliphatic rings. The van der Waals surface area contributed by atoms with Crippen molar-refractivity contribution in [3.8, 4) is 0 Å². The maximum absolute atomic E-state index is 6.43. The van der Waals surface area contributed by atoms with Gasteiger partial charge in [-0.15, -0.1) is 0 Å². The number of hydrogen-bond acceptors (Lipinski definition) is 2. The van der Waals surface area contributed by atoms with Crippen LogP contribution in [-0.2, 0) is 6.42 Å². The van der Waals surface area contributed by atoms with Crippen LogP contribution in [-0.4, -0.2) is 11.0 Å². The van der Waals surface area contributed by atoms with Crippen molar-refractivity contribution in [3.05, 3.63) is 28.5 Å². The standard InChI is InChI=1S/C17H27BrN2/c1-2-3-4-13-5-7-15(8-6-13)17(19)10-14-9-16(18)12-20-11-14/h9,11-13,15,17H,2-8,10,19H2,1H3. The van der Waals surface area contributed by atoms with Crippen LogP contribution in [0.3, 0.4) is 0 Å². The number of pyridine rings is 1. The van der Waals surface area contributed by atoms with Crippen LogP contribution in [0.25, 0.3) is 0 Å². The lowest BCUT2D eigenvalue weighted by Crippen LogP contribution is -2.35. The third-order valence-corrected chi connectivity index (χ3v) is 5.13. The van der Waals surface area contributed by atoms with Crippen molar-refractivity contribution in [1.29, 1.82) is 0 Å². The lowest BCUT2D eigenvalue weighted by molar-refractivity contribution is 0.230. The van der Waals surface area contributed by atoms with Crippen molar-refractivity contribution in [3.63, 3.8) is 0 Å². The topological polar surface area (TPSA) is 38.9 Å². The molecule has 2 N–H and O–H groups in total. The summed E-state index contributed by atoms with van der Waals surface area (Å²) in [6.07, 6.45) is 14.3. The molecule has 3 heteroatoms.